The molecule has 0 spiro atoms. The number of nitrogens with zero attached hydrogens (tertiary/aromatic N) is 3. The Bertz CT molecular complexity index is 1240. The number of aryl methyl sites for hydroxylation is 1. The molecule has 7 nitrogen and oxygen atoms in total. The van der Waals surface area contributed by atoms with Crippen LogP contribution in [0.15, 0.2) is 48.7 Å². The van der Waals surface area contributed by atoms with E-state index in [2.05, 4.69) is 16.5 Å². The number of hydrogen-bond donors (Lipinski definition) is 1. The van der Waals surface area contributed by atoms with Crippen molar-refractivity contribution in [3.05, 3.63) is 65.4 Å². The molecule has 0 aliphatic heterocycles. The Labute approximate surface area is 179 Å². The smallest absolute Gasteiger partial charge is 0.274 e. The number of carbonyl (C=O) groups is 2. The minimum Gasteiger partial charge on any atom is -0.497 e. The van der Waals surface area contributed by atoms with E-state index in [0.29, 0.717) is 17.1 Å². The second-order valence-electron chi connectivity index (χ2n) is 7.80. The lowest BCUT2D eigenvalue weighted by Crippen LogP contribution is -2.33. The largest absolute Gasteiger partial charge is 0.497 e. The summed E-state index contributed by atoms with van der Waals surface area (Å²) in [6.07, 6.45) is 4.83. The number of carbonyl (C=O) groups excluding carboxylic acids is 2. The summed E-state index contributed by atoms with van der Waals surface area (Å²) >= 11 is 0. The minimum absolute atomic E-state index is 0.227. The Hall–Kier alpha value is -3.92. The van der Waals surface area contributed by atoms with E-state index < -0.39 is 17.7 Å². The van der Waals surface area contributed by atoms with Gasteiger partial charge in [0.1, 0.15) is 5.75 Å². The van der Waals surface area contributed by atoms with Crippen molar-refractivity contribution in [2.75, 3.05) is 12.4 Å². The van der Waals surface area contributed by atoms with Crippen LogP contribution in [0.1, 0.15) is 40.2 Å². The van der Waals surface area contributed by atoms with Crippen molar-refractivity contribution in [3.63, 3.8) is 0 Å². The summed E-state index contributed by atoms with van der Waals surface area (Å²) in [5.74, 6) is -1.98. The van der Waals surface area contributed by atoms with Gasteiger partial charge in [0.05, 0.1) is 25.1 Å². The fourth-order valence-electron chi connectivity index (χ4n) is 4.69. The van der Waals surface area contributed by atoms with E-state index in [0.717, 1.165) is 30.4 Å². The molecular formula is C24H20N4O3. The first-order valence-electron chi connectivity index (χ1n) is 10.2. The van der Waals surface area contributed by atoms with Gasteiger partial charge >= 0.3 is 0 Å². The normalized spacial score (nSPS) is 16.6. The monoisotopic (exact) mass is 412 g/mol. The molecule has 0 fully saturated rings. The van der Waals surface area contributed by atoms with Gasteiger partial charge in [0.25, 0.3) is 11.8 Å². The van der Waals surface area contributed by atoms with E-state index in [9.17, 15) is 14.9 Å². The van der Waals surface area contributed by atoms with Crippen molar-refractivity contribution >= 4 is 17.5 Å². The minimum atomic E-state index is -1.51. The number of nitrogens with one attached hydrogen (secondary N) is 1. The highest BCUT2D eigenvalue weighted by molar-refractivity contribution is 6.10. The molecule has 2 aliphatic rings. The summed E-state index contributed by atoms with van der Waals surface area (Å²) in [5, 5.41) is 16.6. The van der Waals surface area contributed by atoms with Crippen molar-refractivity contribution in [2.24, 2.45) is 5.92 Å². The standard InChI is InChI=1S/C24H20N4O3/c1-31-16-10-8-15(9-11-16)27-23(29)19(12-25)24(30)28-22-18-7-3-5-14-4-2-6-17(21(14)18)20(22)13-26-28/h3,5,7-11,13,17,19H,2,4,6H2,1H3,(H,27,29). The van der Waals surface area contributed by atoms with Crippen molar-refractivity contribution in [2.45, 2.75) is 25.2 Å². The maximum absolute atomic E-state index is 13.2. The number of aromatic nitrogens is 2. The van der Waals surface area contributed by atoms with Crippen molar-refractivity contribution in [3.8, 4) is 23.1 Å². The Kier molecular flexibility index (Phi) is 4.55. The van der Waals surface area contributed by atoms with Gasteiger partial charge in [0.2, 0.25) is 5.92 Å². The first kappa shape index (κ1) is 19.1. The van der Waals surface area contributed by atoms with Crippen LogP contribution in [0.2, 0.25) is 0 Å². The van der Waals surface area contributed by atoms with Gasteiger partial charge in [-0.3, -0.25) is 9.59 Å². The Balaban J connectivity index is 1.46. The van der Waals surface area contributed by atoms with E-state index in [1.807, 2.05) is 18.2 Å². The molecule has 2 aromatic carbocycles. The third-order valence-corrected chi connectivity index (χ3v) is 6.12. The molecule has 5 rings (SSSR count). The number of nitriles is 1. The SMILES string of the molecule is COc1ccc(NC(=O)C(C#N)C(=O)n2ncc3c2-c2cccc4c2C3CCC4)cc1. The van der Waals surface area contributed by atoms with E-state index >= 15 is 0 Å². The Morgan fingerprint density at radius 2 is 2.06 bits per heavy atom. The number of methoxy groups -OCH3 is 1. The third-order valence-electron chi connectivity index (χ3n) is 6.12. The lowest BCUT2D eigenvalue weighted by Gasteiger charge is -2.21. The number of amides is 1. The molecular weight excluding hydrogens is 392 g/mol. The molecule has 2 atom stereocenters. The lowest BCUT2D eigenvalue weighted by atomic mass is 9.82. The highest BCUT2D eigenvalue weighted by atomic mass is 16.5. The maximum atomic E-state index is 13.2. The quantitative estimate of drug-likeness (QED) is 0.658. The number of anilines is 1. The predicted octanol–water partition coefficient (Wildman–Crippen LogP) is 3.76. The molecule has 1 heterocycles. The highest BCUT2D eigenvalue weighted by Crippen LogP contribution is 2.50. The second-order valence-corrected chi connectivity index (χ2v) is 7.80. The Morgan fingerprint density at radius 1 is 1.26 bits per heavy atom. The molecule has 0 saturated heterocycles. The number of rotatable bonds is 4. The van der Waals surface area contributed by atoms with Gasteiger partial charge < -0.3 is 10.1 Å². The van der Waals surface area contributed by atoms with Gasteiger partial charge in [0.15, 0.2) is 0 Å². The molecule has 154 valence electrons. The van der Waals surface area contributed by atoms with Crippen LogP contribution in [0.3, 0.4) is 0 Å². The molecule has 31 heavy (non-hydrogen) atoms. The number of hydrogen-bond acceptors (Lipinski definition) is 5. The molecule has 1 N–H and O–H groups in total. The zero-order chi connectivity index (χ0) is 21.5. The number of ether oxygens (including phenoxy) is 1. The summed E-state index contributed by atoms with van der Waals surface area (Å²) in [7, 11) is 1.55. The molecule has 0 bridgehead atoms. The van der Waals surface area contributed by atoms with Crippen LogP contribution in [0.4, 0.5) is 5.69 Å². The fraction of sp³-hybridized carbons (Fsp3) is 0.250. The first-order valence-corrected chi connectivity index (χ1v) is 10.2. The molecule has 7 heteroatoms. The summed E-state index contributed by atoms with van der Waals surface area (Å²) in [6, 6.07) is 14.7. The topological polar surface area (TPSA) is 97.0 Å². The van der Waals surface area contributed by atoms with Crippen molar-refractivity contribution < 1.29 is 14.3 Å². The van der Waals surface area contributed by atoms with Gasteiger partial charge in [0, 0.05) is 22.7 Å². The van der Waals surface area contributed by atoms with Crippen LogP contribution in [-0.4, -0.2) is 28.7 Å². The summed E-state index contributed by atoms with van der Waals surface area (Å²) in [5.41, 5.74) is 5.74. The molecule has 1 amide bonds. The highest BCUT2D eigenvalue weighted by Gasteiger charge is 2.39. The van der Waals surface area contributed by atoms with Crippen LogP contribution >= 0.6 is 0 Å². The number of fused-ring (bicyclic) bond motifs is 3. The van der Waals surface area contributed by atoms with Gasteiger partial charge in [-0.2, -0.15) is 15.0 Å². The van der Waals surface area contributed by atoms with E-state index in [1.54, 1.807) is 37.6 Å². The summed E-state index contributed by atoms with van der Waals surface area (Å²) in [6.45, 7) is 0. The maximum Gasteiger partial charge on any atom is 0.274 e. The van der Waals surface area contributed by atoms with Gasteiger partial charge in [-0.05, 0) is 54.7 Å². The van der Waals surface area contributed by atoms with Gasteiger partial charge in [-0.15, -0.1) is 0 Å². The lowest BCUT2D eigenvalue weighted by molar-refractivity contribution is -0.117. The number of benzene rings is 2. The van der Waals surface area contributed by atoms with Crippen LogP contribution in [0.25, 0.3) is 11.3 Å². The molecule has 3 aromatic rings. The summed E-state index contributed by atoms with van der Waals surface area (Å²) in [4.78, 5) is 26.0. The molecule has 2 unspecified atom stereocenters. The molecule has 1 aromatic heterocycles. The third kappa shape index (κ3) is 2.99. The molecule has 2 aliphatic carbocycles. The Morgan fingerprint density at radius 3 is 2.81 bits per heavy atom. The van der Waals surface area contributed by atoms with Crippen LogP contribution in [0.5, 0.6) is 5.75 Å². The van der Waals surface area contributed by atoms with Crippen LogP contribution in [0, 0.1) is 17.2 Å². The van der Waals surface area contributed by atoms with Crippen molar-refractivity contribution in [1.29, 1.82) is 5.26 Å². The van der Waals surface area contributed by atoms with Crippen LogP contribution < -0.4 is 10.1 Å². The van der Waals surface area contributed by atoms with E-state index in [4.69, 9.17) is 4.74 Å². The summed E-state index contributed by atoms with van der Waals surface area (Å²) < 4.78 is 6.34. The zero-order valence-corrected chi connectivity index (χ0v) is 17.0. The van der Waals surface area contributed by atoms with Crippen molar-refractivity contribution in [1.82, 2.24) is 9.78 Å². The van der Waals surface area contributed by atoms with Crippen LogP contribution in [-0.2, 0) is 11.2 Å². The second kappa shape index (κ2) is 7.40. The van der Waals surface area contributed by atoms with Gasteiger partial charge in [-0.25, -0.2) is 0 Å². The molecule has 0 radical (unpaired) electrons. The molecule has 0 saturated carbocycles. The van der Waals surface area contributed by atoms with Gasteiger partial charge in [-0.1, -0.05) is 18.2 Å². The predicted molar refractivity (Wildman–Crippen MR) is 114 cm³/mol. The first-order chi connectivity index (χ1) is 15.1. The average Bonchev–Trinajstić information content (AvgIpc) is 3.36. The van der Waals surface area contributed by atoms with E-state index in [1.165, 1.54) is 15.8 Å². The zero-order valence-electron chi connectivity index (χ0n) is 17.0. The average molecular weight is 412 g/mol. The van der Waals surface area contributed by atoms with E-state index in [-0.39, 0.29) is 5.92 Å². The fourth-order valence-corrected chi connectivity index (χ4v) is 4.69.